The second kappa shape index (κ2) is 7.52. The maximum Gasteiger partial charge on any atom is 0.187 e. The molecule has 0 saturated carbocycles. The lowest BCUT2D eigenvalue weighted by Gasteiger charge is -2.08. The van der Waals surface area contributed by atoms with E-state index in [1.165, 1.54) is 13.2 Å². The number of hydrogen-bond donors (Lipinski definition) is 1. The number of ether oxygens (including phenoxy) is 2. The molecule has 0 spiro atoms. The smallest absolute Gasteiger partial charge is 0.187 e. The Morgan fingerprint density at radius 3 is 2.55 bits per heavy atom. The van der Waals surface area contributed by atoms with Gasteiger partial charge in [-0.3, -0.25) is 4.79 Å². The summed E-state index contributed by atoms with van der Waals surface area (Å²) in [5.74, 6) is 0.958. The van der Waals surface area contributed by atoms with Gasteiger partial charge >= 0.3 is 0 Å². The van der Waals surface area contributed by atoms with Gasteiger partial charge in [0, 0.05) is 28.5 Å². The number of carbonyl (C=O) groups excluding carboxylic acids is 1. The molecule has 0 bridgehead atoms. The maximum atomic E-state index is 12.1. The van der Waals surface area contributed by atoms with Crippen molar-refractivity contribution in [2.24, 2.45) is 0 Å². The molecule has 0 heterocycles. The molecule has 1 N–H and O–H groups in total. The Kier molecular flexibility index (Phi) is 5.44. The van der Waals surface area contributed by atoms with Crippen LogP contribution in [0.5, 0.6) is 11.5 Å². The zero-order chi connectivity index (χ0) is 15.9. The largest absolute Gasteiger partial charge is 0.493 e. The van der Waals surface area contributed by atoms with Crippen molar-refractivity contribution >= 4 is 23.1 Å². The highest BCUT2D eigenvalue weighted by atomic mass is 35.5. The second-order valence-corrected chi connectivity index (χ2v) is 4.86. The number of carbonyl (C=O) groups is 1. The Labute approximate surface area is 134 Å². The fourth-order valence-electron chi connectivity index (χ4n) is 1.88. The number of anilines is 1. The number of allylic oxidation sites excluding steroid dienone is 1. The van der Waals surface area contributed by atoms with Crippen LogP contribution in [0.2, 0.25) is 5.02 Å². The fraction of sp³-hybridized carbons (Fsp3) is 0.118. The number of hydrogen-bond acceptors (Lipinski definition) is 4. The van der Waals surface area contributed by atoms with E-state index in [1.54, 1.807) is 43.6 Å². The first kappa shape index (κ1) is 15.9. The van der Waals surface area contributed by atoms with Gasteiger partial charge in [0.15, 0.2) is 17.3 Å². The predicted octanol–water partition coefficient (Wildman–Crippen LogP) is 4.17. The quantitative estimate of drug-likeness (QED) is 0.642. The molecule has 2 aromatic rings. The molecular formula is C17H16ClNO3. The summed E-state index contributed by atoms with van der Waals surface area (Å²) in [5, 5.41) is 3.62. The normalized spacial score (nSPS) is 10.5. The summed E-state index contributed by atoms with van der Waals surface area (Å²) in [6.45, 7) is 0. The summed E-state index contributed by atoms with van der Waals surface area (Å²) in [5.41, 5.74) is 1.32. The Bertz CT molecular complexity index is 698. The third-order valence-corrected chi connectivity index (χ3v) is 3.21. The molecule has 0 saturated heterocycles. The van der Waals surface area contributed by atoms with Crippen molar-refractivity contribution in [2.45, 2.75) is 0 Å². The lowest BCUT2D eigenvalue weighted by atomic mass is 10.1. The van der Waals surface area contributed by atoms with Gasteiger partial charge in [0.2, 0.25) is 0 Å². The van der Waals surface area contributed by atoms with Crippen molar-refractivity contribution in [3.63, 3.8) is 0 Å². The molecule has 114 valence electrons. The Morgan fingerprint density at radius 2 is 1.86 bits per heavy atom. The van der Waals surface area contributed by atoms with Crippen LogP contribution in [-0.2, 0) is 0 Å². The van der Waals surface area contributed by atoms with Gasteiger partial charge in [-0.05, 0) is 36.4 Å². The van der Waals surface area contributed by atoms with Gasteiger partial charge in [-0.1, -0.05) is 17.7 Å². The summed E-state index contributed by atoms with van der Waals surface area (Å²) in [6, 6.07) is 12.3. The van der Waals surface area contributed by atoms with E-state index in [0.717, 1.165) is 5.69 Å². The summed E-state index contributed by atoms with van der Waals surface area (Å²) in [4.78, 5) is 12.1. The molecule has 5 heteroatoms. The molecule has 0 aliphatic rings. The van der Waals surface area contributed by atoms with Crippen LogP contribution in [-0.4, -0.2) is 20.0 Å². The van der Waals surface area contributed by atoms with Crippen molar-refractivity contribution in [3.05, 3.63) is 65.3 Å². The van der Waals surface area contributed by atoms with E-state index in [1.807, 2.05) is 12.1 Å². The molecule has 2 rings (SSSR count). The molecule has 0 atom stereocenters. The first-order valence-corrected chi connectivity index (χ1v) is 6.97. The van der Waals surface area contributed by atoms with E-state index < -0.39 is 0 Å². The Morgan fingerprint density at radius 1 is 1.09 bits per heavy atom. The van der Waals surface area contributed by atoms with Crippen LogP contribution in [0.15, 0.2) is 54.7 Å². The van der Waals surface area contributed by atoms with Gasteiger partial charge in [0.25, 0.3) is 0 Å². The van der Waals surface area contributed by atoms with Crippen LogP contribution < -0.4 is 14.8 Å². The minimum absolute atomic E-state index is 0.143. The van der Waals surface area contributed by atoms with Crippen LogP contribution in [0.3, 0.4) is 0 Å². The van der Waals surface area contributed by atoms with Crippen LogP contribution in [0.25, 0.3) is 0 Å². The van der Waals surface area contributed by atoms with Gasteiger partial charge in [-0.2, -0.15) is 0 Å². The van der Waals surface area contributed by atoms with Crippen molar-refractivity contribution in [3.8, 4) is 11.5 Å². The number of nitrogens with one attached hydrogen (secondary N) is 1. The Balaban J connectivity index is 2.07. The highest BCUT2D eigenvalue weighted by Gasteiger charge is 2.08. The molecule has 0 aromatic heterocycles. The lowest BCUT2D eigenvalue weighted by molar-refractivity contribution is 0.104. The number of ketones is 1. The fourth-order valence-corrected chi connectivity index (χ4v) is 2.07. The zero-order valence-corrected chi connectivity index (χ0v) is 13.1. The third kappa shape index (κ3) is 4.02. The SMILES string of the molecule is COc1ccc(C(=O)C=CNc2cccc(Cl)c2)cc1OC. The number of rotatable bonds is 6. The molecule has 4 nitrogen and oxygen atoms in total. The van der Waals surface area contributed by atoms with Gasteiger partial charge < -0.3 is 14.8 Å². The number of benzene rings is 2. The zero-order valence-electron chi connectivity index (χ0n) is 12.3. The molecule has 0 aliphatic carbocycles. The highest BCUT2D eigenvalue weighted by Crippen LogP contribution is 2.27. The van der Waals surface area contributed by atoms with E-state index in [2.05, 4.69) is 5.32 Å². The van der Waals surface area contributed by atoms with E-state index in [4.69, 9.17) is 21.1 Å². The van der Waals surface area contributed by atoms with Crippen molar-refractivity contribution in [1.29, 1.82) is 0 Å². The van der Waals surface area contributed by atoms with Crippen LogP contribution in [0, 0.1) is 0 Å². The Hall–Kier alpha value is -2.46. The molecule has 2 aromatic carbocycles. The second-order valence-electron chi connectivity index (χ2n) is 4.42. The van der Waals surface area contributed by atoms with Gasteiger partial charge in [0.1, 0.15) is 0 Å². The monoisotopic (exact) mass is 317 g/mol. The average Bonchev–Trinajstić information content (AvgIpc) is 2.54. The minimum atomic E-state index is -0.143. The first-order chi connectivity index (χ1) is 10.6. The first-order valence-electron chi connectivity index (χ1n) is 6.59. The van der Waals surface area contributed by atoms with Crippen LogP contribution >= 0.6 is 11.6 Å². The van der Waals surface area contributed by atoms with Crippen LogP contribution in [0.4, 0.5) is 5.69 Å². The van der Waals surface area contributed by atoms with Crippen molar-refractivity contribution in [2.75, 3.05) is 19.5 Å². The lowest BCUT2D eigenvalue weighted by Crippen LogP contribution is -1.98. The van der Waals surface area contributed by atoms with Gasteiger partial charge in [-0.15, -0.1) is 0 Å². The third-order valence-electron chi connectivity index (χ3n) is 2.98. The summed E-state index contributed by atoms with van der Waals surface area (Å²) >= 11 is 5.89. The van der Waals surface area contributed by atoms with Crippen LogP contribution in [0.1, 0.15) is 10.4 Å². The highest BCUT2D eigenvalue weighted by molar-refractivity contribution is 6.30. The summed E-state index contributed by atoms with van der Waals surface area (Å²) in [6.07, 6.45) is 3.02. The van der Waals surface area contributed by atoms with E-state index >= 15 is 0 Å². The molecular weight excluding hydrogens is 302 g/mol. The van der Waals surface area contributed by atoms with E-state index in [-0.39, 0.29) is 5.78 Å². The number of halogens is 1. The van der Waals surface area contributed by atoms with E-state index in [9.17, 15) is 4.79 Å². The predicted molar refractivity (Wildman–Crippen MR) is 88.1 cm³/mol. The van der Waals surface area contributed by atoms with E-state index in [0.29, 0.717) is 22.1 Å². The maximum absolute atomic E-state index is 12.1. The van der Waals surface area contributed by atoms with Crippen molar-refractivity contribution in [1.82, 2.24) is 0 Å². The molecule has 0 fully saturated rings. The molecule has 0 amide bonds. The average molecular weight is 318 g/mol. The molecule has 0 unspecified atom stereocenters. The number of methoxy groups -OCH3 is 2. The summed E-state index contributed by atoms with van der Waals surface area (Å²) < 4.78 is 10.3. The molecule has 0 aliphatic heterocycles. The van der Waals surface area contributed by atoms with Gasteiger partial charge in [0.05, 0.1) is 14.2 Å². The standard InChI is InChI=1S/C17H16ClNO3/c1-21-16-7-6-12(10-17(16)22-2)15(20)8-9-19-14-5-3-4-13(18)11-14/h3-11,19H,1-2H3. The van der Waals surface area contributed by atoms with Gasteiger partial charge in [-0.25, -0.2) is 0 Å². The topological polar surface area (TPSA) is 47.6 Å². The molecule has 22 heavy (non-hydrogen) atoms. The van der Waals surface area contributed by atoms with Crippen molar-refractivity contribution < 1.29 is 14.3 Å². The summed E-state index contributed by atoms with van der Waals surface area (Å²) in [7, 11) is 3.08. The molecule has 0 radical (unpaired) electrons. The minimum Gasteiger partial charge on any atom is -0.493 e.